The van der Waals surface area contributed by atoms with Gasteiger partial charge in [-0.1, -0.05) is 18.2 Å². The lowest BCUT2D eigenvalue weighted by atomic mass is 10.1. The highest BCUT2D eigenvalue weighted by Gasteiger charge is 2.68. The van der Waals surface area contributed by atoms with Crippen LogP contribution < -0.4 is 10.6 Å². The molecule has 2 rings (SSSR count). The van der Waals surface area contributed by atoms with Gasteiger partial charge in [0.15, 0.2) is 5.11 Å². The lowest BCUT2D eigenvalue weighted by Gasteiger charge is -2.16. The summed E-state index contributed by atoms with van der Waals surface area (Å²) in [7, 11) is 0. The third-order valence-corrected chi connectivity index (χ3v) is 5.01. The van der Waals surface area contributed by atoms with Gasteiger partial charge in [-0.15, -0.1) is 23.2 Å². The Balaban J connectivity index is 2.02. The van der Waals surface area contributed by atoms with Crippen molar-refractivity contribution in [3.63, 3.8) is 0 Å². The van der Waals surface area contributed by atoms with Crippen LogP contribution in [0.2, 0.25) is 0 Å². The molecule has 0 unspecified atom stereocenters. The van der Waals surface area contributed by atoms with Crippen LogP contribution in [0.5, 0.6) is 0 Å². The fraction of sp³-hybridized carbons (Fsp3) is 0.429. The first kappa shape index (κ1) is 15.5. The predicted octanol–water partition coefficient (Wildman–Crippen LogP) is 3.70. The van der Waals surface area contributed by atoms with Crippen LogP contribution >= 0.6 is 35.4 Å². The van der Waals surface area contributed by atoms with E-state index in [1.54, 1.807) is 6.92 Å². The van der Waals surface area contributed by atoms with Crippen LogP contribution in [0.3, 0.4) is 0 Å². The van der Waals surface area contributed by atoms with Gasteiger partial charge in [-0.2, -0.15) is 0 Å². The van der Waals surface area contributed by atoms with Gasteiger partial charge in [-0.05, 0) is 50.5 Å². The largest absolute Gasteiger partial charge is 0.332 e. The van der Waals surface area contributed by atoms with E-state index in [0.29, 0.717) is 6.42 Å². The number of carbonyl (C=O) groups is 1. The summed E-state index contributed by atoms with van der Waals surface area (Å²) in [5.41, 5.74) is 2.25. The molecule has 1 amide bonds. The van der Waals surface area contributed by atoms with Crippen molar-refractivity contribution < 1.29 is 4.79 Å². The zero-order valence-corrected chi connectivity index (χ0v) is 13.8. The quantitative estimate of drug-likeness (QED) is 0.641. The molecular weight excluding hydrogens is 315 g/mol. The van der Waals surface area contributed by atoms with Crippen LogP contribution in [0.1, 0.15) is 24.5 Å². The van der Waals surface area contributed by atoms with Crippen LogP contribution in [0.25, 0.3) is 0 Å². The molecule has 108 valence electrons. The number of hydrogen-bond acceptors (Lipinski definition) is 2. The van der Waals surface area contributed by atoms with Crippen molar-refractivity contribution >= 4 is 52.1 Å². The summed E-state index contributed by atoms with van der Waals surface area (Å²) in [4.78, 5) is 12.1. The molecule has 0 radical (unpaired) electrons. The number of para-hydroxylation sites is 1. The topological polar surface area (TPSA) is 41.1 Å². The second-order valence-electron chi connectivity index (χ2n) is 5.39. The van der Waals surface area contributed by atoms with Gasteiger partial charge in [-0.3, -0.25) is 4.79 Å². The van der Waals surface area contributed by atoms with Gasteiger partial charge in [-0.25, -0.2) is 0 Å². The third kappa shape index (κ3) is 2.78. The van der Waals surface area contributed by atoms with Gasteiger partial charge in [0.05, 0.1) is 5.41 Å². The minimum atomic E-state index is -0.995. The Hall–Kier alpha value is -0.840. The molecule has 1 aromatic carbocycles. The van der Waals surface area contributed by atoms with E-state index >= 15 is 0 Å². The van der Waals surface area contributed by atoms with Gasteiger partial charge in [0.25, 0.3) is 0 Å². The molecule has 20 heavy (non-hydrogen) atoms. The van der Waals surface area contributed by atoms with Gasteiger partial charge >= 0.3 is 0 Å². The number of hydrogen-bond donors (Lipinski definition) is 2. The van der Waals surface area contributed by atoms with Crippen LogP contribution in [-0.2, 0) is 4.79 Å². The molecule has 1 saturated carbocycles. The summed E-state index contributed by atoms with van der Waals surface area (Å²) in [5.74, 6) is -0.258. The molecule has 0 aromatic heterocycles. The van der Waals surface area contributed by atoms with E-state index in [2.05, 4.69) is 10.6 Å². The van der Waals surface area contributed by atoms with Crippen molar-refractivity contribution in [2.24, 2.45) is 5.41 Å². The summed E-state index contributed by atoms with van der Waals surface area (Å²) >= 11 is 17.1. The van der Waals surface area contributed by atoms with Gasteiger partial charge in [0, 0.05) is 5.69 Å². The Morgan fingerprint density at radius 1 is 1.30 bits per heavy atom. The van der Waals surface area contributed by atoms with Crippen LogP contribution in [0.15, 0.2) is 18.2 Å². The van der Waals surface area contributed by atoms with Crippen molar-refractivity contribution in [3.05, 3.63) is 29.3 Å². The number of amides is 1. The van der Waals surface area contributed by atoms with E-state index in [0.717, 1.165) is 16.8 Å². The first-order chi connectivity index (χ1) is 9.17. The molecule has 2 N–H and O–H groups in total. The second-order valence-corrected chi connectivity index (χ2v) is 7.28. The number of benzene rings is 1. The van der Waals surface area contributed by atoms with Crippen molar-refractivity contribution in [3.8, 4) is 0 Å². The van der Waals surface area contributed by atoms with Gasteiger partial charge in [0.1, 0.15) is 4.33 Å². The van der Waals surface area contributed by atoms with E-state index in [4.69, 9.17) is 35.4 Å². The summed E-state index contributed by atoms with van der Waals surface area (Å²) in [6, 6.07) is 5.92. The molecule has 3 nitrogen and oxygen atoms in total. The lowest BCUT2D eigenvalue weighted by Crippen LogP contribution is -2.40. The number of thiocarbonyl (C=S) groups is 1. The molecule has 0 bridgehead atoms. The molecule has 0 heterocycles. The zero-order valence-electron chi connectivity index (χ0n) is 11.5. The average Bonchev–Trinajstić information content (AvgIpc) is 2.85. The maximum atomic E-state index is 12.1. The number of anilines is 1. The maximum Gasteiger partial charge on any atom is 0.235 e. The zero-order chi connectivity index (χ0) is 15.1. The smallest absolute Gasteiger partial charge is 0.235 e. The maximum absolute atomic E-state index is 12.1. The summed E-state index contributed by atoms with van der Waals surface area (Å²) < 4.78 is -0.995. The highest BCUT2D eigenvalue weighted by molar-refractivity contribution is 7.80. The van der Waals surface area contributed by atoms with E-state index in [9.17, 15) is 4.79 Å². The molecule has 1 aromatic rings. The summed E-state index contributed by atoms with van der Waals surface area (Å²) in [6.45, 7) is 5.68. The van der Waals surface area contributed by atoms with E-state index < -0.39 is 9.75 Å². The summed E-state index contributed by atoms with van der Waals surface area (Å²) in [5, 5.41) is 5.96. The van der Waals surface area contributed by atoms with Crippen molar-refractivity contribution in [1.29, 1.82) is 0 Å². The number of nitrogens with one attached hydrogen (secondary N) is 2. The molecular formula is C14H16Cl2N2OS. The van der Waals surface area contributed by atoms with Crippen molar-refractivity contribution in [2.45, 2.75) is 31.5 Å². The van der Waals surface area contributed by atoms with Crippen LogP contribution in [-0.4, -0.2) is 15.4 Å². The summed E-state index contributed by atoms with van der Waals surface area (Å²) in [6.07, 6.45) is 0.431. The number of carbonyl (C=O) groups excluding carboxylic acids is 1. The van der Waals surface area contributed by atoms with Gasteiger partial charge < -0.3 is 10.6 Å². The molecule has 0 aliphatic heterocycles. The van der Waals surface area contributed by atoms with Crippen molar-refractivity contribution in [1.82, 2.24) is 5.32 Å². The molecule has 1 aliphatic rings. The van der Waals surface area contributed by atoms with Crippen LogP contribution in [0.4, 0.5) is 5.69 Å². The lowest BCUT2D eigenvalue weighted by molar-refractivity contribution is -0.124. The molecule has 0 spiro atoms. The molecule has 0 saturated heterocycles. The highest BCUT2D eigenvalue weighted by atomic mass is 35.5. The van der Waals surface area contributed by atoms with E-state index in [1.165, 1.54) is 0 Å². The normalized spacial score (nSPS) is 23.1. The Kier molecular flexibility index (Phi) is 4.02. The Morgan fingerprint density at radius 3 is 2.25 bits per heavy atom. The fourth-order valence-electron chi connectivity index (χ4n) is 2.04. The number of alkyl halides is 2. The number of halogens is 2. The Labute approximate surface area is 134 Å². The Bertz CT molecular complexity index is 568. The van der Waals surface area contributed by atoms with E-state index in [1.807, 2.05) is 32.0 Å². The monoisotopic (exact) mass is 330 g/mol. The van der Waals surface area contributed by atoms with Gasteiger partial charge in [0.2, 0.25) is 5.91 Å². The standard InChI is InChI=1S/C14H16Cl2N2OS/c1-8-5-4-6-9(2)10(8)17-12(20)18-11(19)13(3)7-14(13,15)16/h4-6H,7H2,1-3H3,(H2,17,18,19,20)/t13-/m0/s1. The SMILES string of the molecule is Cc1cccc(C)c1NC(=S)NC(=O)[C@]1(C)CC1(Cl)Cl. The van der Waals surface area contributed by atoms with Crippen molar-refractivity contribution in [2.75, 3.05) is 5.32 Å². The fourth-order valence-corrected chi connectivity index (χ4v) is 2.94. The number of rotatable bonds is 2. The first-order valence-electron chi connectivity index (χ1n) is 6.24. The Morgan fingerprint density at radius 2 is 1.80 bits per heavy atom. The highest BCUT2D eigenvalue weighted by Crippen LogP contribution is 2.63. The van der Waals surface area contributed by atoms with Crippen LogP contribution in [0, 0.1) is 19.3 Å². The molecule has 1 atom stereocenters. The minimum Gasteiger partial charge on any atom is -0.332 e. The second kappa shape index (κ2) is 5.17. The predicted molar refractivity (Wildman–Crippen MR) is 87.4 cm³/mol. The van der Waals surface area contributed by atoms with E-state index in [-0.39, 0.29) is 11.0 Å². The molecule has 1 fully saturated rings. The first-order valence-corrected chi connectivity index (χ1v) is 7.40. The molecule has 1 aliphatic carbocycles. The minimum absolute atomic E-state index is 0.254. The number of aryl methyl sites for hydroxylation is 2. The molecule has 6 heteroatoms. The third-order valence-electron chi connectivity index (χ3n) is 3.71. The average molecular weight is 331 g/mol.